The van der Waals surface area contributed by atoms with Crippen LogP contribution in [0, 0.1) is 17.5 Å². The standard InChI is InChI=1S/C21H21F3N4O2/c22-13-2-4-16-14(9-13)17(29)10-21(27-16)5-7-28(8-6-21)20(30)26-11-12-1-3-15(25)19(24)18(12)23/h1-4,9,27H,5-8,10-11,25H2,(H,26,30). The minimum absolute atomic E-state index is 0.00640. The molecule has 4 rings (SSSR count). The number of nitrogens with zero attached hydrogens (tertiary/aromatic N) is 1. The monoisotopic (exact) mass is 418 g/mol. The average molecular weight is 418 g/mol. The number of piperidine rings is 1. The molecule has 0 unspecified atom stereocenters. The van der Waals surface area contributed by atoms with Gasteiger partial charge in [0.2, 0.25) is 0 Å². The van der Waals surface area contributed by atoms with E-state index >= 15 is 0 Å². The van der Waals surface area contributed by atoms with Gasteiger partial charge in [0.25, 0.3) is 0 Å². The van der Waals surface area contributed by atoms with E-state index in [1.54, 1.807) is 11.0 Å². The van der Waals surface area contributed by atoms with Crippen molar-refractivity contribution in [2.75, 3.05) is 24.1 Å². The van der Waals surface area contributed by atoms with Crippen LogP contribution in [0.4, 0.5) is 29.3 Å². The highest BCUT2D eigenvalue weighted by Crippen LogP contribution is 2.37. The third kappa shape index (κ3) is 3.67. The number of hydrogen-bond acceptors (Lipinski definition) is 4. The summed E-state index contributed by atoms with van der Waals surface area (Å²) in [5.41, 5.74) is 5.50. The zero-order chi connectivity index (χ0) is 21.5. The Balaban J connectivity index is 1.37. The number of ketones is 1. The van der Waals surface area contributed by atoms with Crippen LogP contribution in [0.2, 0.25) is 0 Å². The van der Waals surface area contributed by atoms with Gasteiger partial charge in [-0.1, -0.05) is 6.07 Å². The largest absolute Gasteiger partial charge is 0.396 e. The van der Waals surface area contributed by atoms with Gasteiger partial charge >= 0.3 is 6.03 Å². The fraction of sp³-hybridized carbons (Fsp3) is 0.333. The molecule has 0 aromatic heterocycles. The molecule has 0 saturated carbocycles. The molecule has 30 heavy (non-hydrogen) atoms. The van der Waals surface area contributed by atoms with Crippen LogP contribution in [-0.2, 0) is 6.54 Å². The number of nitrogens with two attached hydrogens (primary N) is 1. The summed E-state index contributed by atoms with van der Waals surface area (Å²) in [6.07, 6.45) is 1.30. The molecule has 2 amide bonds. The number of urea groups is 1. The molecule has 1 saturated heterocycles. The average Bonchev–Trinajstić information content (AvgIpc) is 2.72. The van der Waals surface area contributed by atoms with E-state index in [1.165, 1.54) is 24.3 Å². The van der Waals surface area contributed by atoms with Crippen LogP contribution in [-0.4, -0.2) is 35.3 Å². The number of anilines is 2. The second-order valence-corrected chi connectivity index (χ2v) is 7.78. The van der Waals surface area contributed by atoms with Crippen LogP contribution < -0.4 is 16.4 Å². The maximum absolute atomic E-state index is 13.9. The van der Waals surface area contributed by atoms with Crippen molar-refractivity contribution in [3.63, 3.8) is 0 Å². The zero-order valence-corrected chi connectivity index (χ0v) is 16.1. The SMILES string of the molecule is Nc1ccc(CNC(=O)N2CCC3(CC2)CC(=O)c2cc(F)ccc2N3)c(F)c1F. The van der Waals surface area contributed by atoms with Gasteiger partial charge in [0.1, 0.15) is 5.82 Å². The molecular formula is C21H21F3N4O2. The van der Waals surface area contributed by atoms with Gasteiger partial charge in [-0.15, -0.1) is 0 Å². The number of nitrogens with one attached hydrogen (secondary N) is 2. The predicted octanol–water partition coefficient (Wildman–Crippen LogP) is 3.43. The molecule has 2 aromatic rings. The topological polar surface area (TPSA) is 87.5 Å². The van der Waals surface area contributed by atoms with E-state index < -0.39 is 29.0 Å². The summed E-state index contributed by atoms with van der Waals surface area (Å²) >= 11 is 0. The molecule has 1 spiro atoms. The summed E-state index contributed by atoms with van der Waals surface area (Å²) in [7, 11) is 0. The Morgan fingerprint density at radius 2 is 1.87 bits per heavy atom. The van der Waals surface area contributed by atoms with Crippen LogP contribution >= 0.6 is 0 Å². The molecule has 2 aliphatic rings. The Hall–Kier alpha value is -3.23. The van der Waals surface area contributed by atoms with Crippen LogP contribution in [0.25, 0.3) is 0 Å². The predicted molar refractivity (Wildman–Crippen MR) is 106 cm³/mol. The number of likely N-dealkylation sites (tertiary alicyclic amines) is 1. The van der Waals surface area contributed by atoms with E-state index in [0.717, 1.165) is 0 Å². The Morgan fingerprint density at radius 3 is 2.60 bits per heavy atom. The van der Waals surface area contributed by atoms with Gasteiger partial charge in [0, 0.05) is 48.4 Å². The van der Waals surface area contributed by atoms with Crippen molar-refractivity contribution >= 4 is 23.2 Å². The van der Waals surface area contributed by atoms with Gasteiger partial charge in [-0.25, -0.2) is 18.0 Å². The molecule has 6 nitrogen and oxygen atoms in total. The summed E-state index contributed by atoms with van der Waals surface area (Å²) in [5.74, 6) is -2.78. The molecule has 4 N–H and O–H groups in total. The maximum Gasteiger partial charge on any atom is 0.317 e. The second kappa shape index (κ2) is 7.55. The van der Waals surface area contributed by atoms with Crippen molar-refractivity contribution in [3.05, 3.63) is 58.9 Å². The summed E-state index contributed by atoms with van der Waals surface area (Å²) in [6, 6.07) is 6.28. The number of carbonyl (C=O) groups excluding carboxylic acids is 2. The Labute approximate surface area is 171 Å². The fourth-order valence-corrected chi connectivity index (χ4v) is 4.05. The molecule has 1 fully saturated rings. The number of Topliss-reactive ketones (excluding diaryl/α,β-unsaturated/α-hetero) is 1. The van der Waals surface area contributed by atoms with E-state index in [9.17, 15) is 22.8 Å². The van der Waals surface area contributed by atoms with Gasteiger partial charge in [0.05, 0.1) is 5.69 Å². The smallest absolute Gasteiger partial charge is 0.317 e. The van der Waals surface area contributed by atoms with E-state index in [1.807, 2.05) is 0 Å². The van der Waals surface area contributed by atoms with Crippen molar-refractivity contribution in [2.24, 2.45) is 0 Å². The first kappa shape index (κ1) is 20.1. The van der Waals surface area contributed by atoms with Crippen molar-refractivity contribution in [3.8, 4) is 0 Å². The second-order valence-electron chi connectivity index (χ2n) is 7.78. The third-order valence-corrected chi connectivity index (χ3v) is 5.81. The molecule has 2 heterocycles. The highest BCUT2D eigenvalue weighted by atomic mass is 19.2. The highest BCUT2D eigenvalue weighted by molar-refractivity contribution is 6.04. The molecule has 158 valence electrons. The summed E-state index contributed by atoms with van der Waals surface area (Å²) < 4.78 is 40.9. The summed E-state index contributed by atoms with van der Waals surface area (Å²) in [5, 5.41) is 5.95. The molecule has 2 aliphatic heterocycles. The van der Waals surface area contributed by atoms with E-state index in [2.05, 4.69) is 10.6 Å². The van der Waals surface area contributed by atoms with Gasteiger partial charge < -0.3 is 21.3 Å². The van der Waals surface area contributed by atoms with Crippen molar-refractivity contribution in [1.82, 2.24) is 10.2 Å². The lowest BCUT2D eigenvalue weighted by molar-refractivity contribution is 0.0915. The number of hydrogen-bond donors (Lipinski definition) is 3. The normalized spacial score (nSPS) is 17.4. The number of amides is 2. The number of nitrogen functional groups attached to an aromatic ring is 1. The lowest BCUT2D eigenvalue weighted by Crippen LogP contribution is -2.55. The number of benzene rings is 2. The van der Waals surface area contributed by atoms with Gasteiger partial charge in [-0.2, -0.15) is 0 Å². The molecule has 0 radical (unpaired) electrons. The first-order valence-electron chi connectivity index (χ1n) is 9.64. The van der Waals surface area contributed by atoms with Crippen LogP contribution in [0.15, 0.2) is 30.3 Å². The minimum Gasteiger partial charge on any atom is -0.396 e. The number of rotatable bonds is 2. The quantitative estimate of drug-likeness (QED) is 0.652. The lowest BCUT2D eigenvalue weighted by Gasteiger charge is -2.45. The Kier molecular flexibility index (Phi) is 5.05. The molecule has 0 aliphatic carbocycles. The minimum atomic E-state index is -1.13. The summed E-state index contributed by atoms with van der Waals surface area (Å²) in [4.78, 5) is 26.5. The number of fused-ring (bicyclic) bond motifs is 1. The molecule has 9 heteroatoms. The third-order valence-electron chi connectivity index (χ3n) is 5.81. The van der Waals surface area contributed by atoms with Gasteiger partial charge in [-0.3, -0.25) is 4.79 Å². The molecule has 0 bridgehead atoms. The van der Waals surface area contributed by atoms with Gasteiger partial charge in [0.15, 0.2) is 17.4 Å². The van der Waals surface area contributed by atoms with Crippen molar-refractivity contribution in [1.29, 1.82) is 0 Å². The first-order valence-corrected chi connectivity index (χ1v) is 9.64. The molecule has 2 aromatic carbocycles. The van der Waals surface area contributed by atoms with Gasteiger partial charge in [-0.05, 0) is 37.1 Å². The van der Waals surface area contributed by atoms with Crippen LogP contribution in [0.5, 0.6) is 0 Å². The molecule has 0 atom stereocenters. The zero-order valence-electron chi connectivity index (χ0n) is 16.1. The highest BCUT2D eigenvalue weighted by Gasteiger charge is 2.41. The Morgan fingerprint density at radius 1 is 1.13 bits per heavy atom. The van der Waals surface area contributed by atoms with E-state index in [-0.39, 0.29) is 30.0 Å². The summed E-state index contributed by atoms with van der Waals surface area (Å²) in [6.45, 7) is 0.613. The maximum atomic E-state index is 13.9. The van der Waals surface area contributed by atoms with E-state index in [0.29, 0.717) is 37.2 Å². The molecular weight excluding hydrogens is 397 g/mol. The van der Waals surface area contributed by atoms with Crippen molar-refractivity contribution < 1.29 is 22.8 Å². The van der Waals surface area contributed by atoms with Crippen molar-refractivity contribution in [2.45, 2.75) is 31.3 Å². The number of carbonyl (C=O) groups is 2. The lowest BCUT2D eigenvalue weighted by atomic mass is 9.78. The fourth-order valence-electron chi connectivity index (χ4n) is 4.05. The number of halogens is 3. The Bertz CT molecular complexity index is 1020. The van der Waals surface area contributed by atoms with Crippen LogP contribution in [0.3, 0.4) is 0 Å². The first-order chi connectivity index (χ1) is 14.3. The van der Waals surface area contributed by atoms with E-state index in [4.69, 9.17) is 5.73 Å². The van der Waals surface area contributed by atoms with Crippen LogP contribution in [0.1, 0.15) is 35.2 Å².